The summed E-state index contributed by atoms with van der Waals surface area (Å²) in [6.07, 6.45) is 5.94. The molecule has 2 aromatic heterocycles. The molecule has 1 saturated heterocycles. The Bertz CT molecular complexity index is 1430. The van der Waals surface area contributed by atoms with Crippen molar-refractivity contribution >= 4 is 49.1 Å². The number of carbonyl (C=O) groups excluding carboxylic acids is 2. The first-order chi connectivity index (χ1) is 18.7. The normalized spacial score (nSPS) is 17.9. The Labute approximate surface area is 233 Å². The summed E-state index contributed by atoms with van der Waals surface area (Å²) in [5.74, 6) is -0.535. The van der Waals surface area contributed by atoms with E-state index in [0.29, 0.717) is 55.9 Å². The number of benzene rings is 1. The van der Waals surface area contributed by atoms with Crippen molar-refractivity contribution in [1.82, 2.24) is 19.0 Å². The lowest BCUT2D eigenvalue weighted by atomic mass is 9.96. The number of aromatic nitrogens is 2. The van der Waals surface area contributed by atoms with Gasteiger partial charge in [-0.25, -0.2) is 8.42 Å². The van der Waals surface area contributed by atoms with Crippen molar-refractivity contribution in [2.24, 2.45) is 0 Å². The lowest BCUT2D eigenvalue weighted by Crippen LogP contribution is -2.49. The monoisotopic (exact) mass is 573 g/mol. The molecule has 1 aromatic carbocycles. The zero-order chi connectivity index (χ0) is 27.6. The number of amides is 1. The molecule has 3 heterocycles. The molecule has 1 amide bonds. The van der Waals surface area contributed by atoms with E-state index in [0.717, 1.165) is 28.8 Å². The quantitative estimate of drug-likeness (QED) is 0.405. The van der Waals surface area contributed by atoms with Crippen LogP contribution in [-0.4, -0.2) is 78.6 Å². The van der Waals surface area contributed by atoms with Crippen LogP contribution in [0.15, 0.2) is 35.2 Å². The van der Waals surface area contributed by atoms with Gasteiger partial charge in [-0.05, 0) is 50.1 Å². The highest BCUT2D eigenvalue weighted by atomic mass is 32.2. The first-order valence-electron chi connectivity index (χ1n) is 13.5. The highest BCUT2D eigenvalue weighted by Gasteiger charge is 2.28. The van der Waals surface area contributed by atoms with Gasteiger partial charge < -0.3 is 10.1 Å². The van der Waals surface area contributed by atoms with Gasteiger partial charge >= 0.3 is 5.97 Å². The fourth-order valence-corrected chi connectivity index (χ4v) is 7.87. The second-order valence-corrected chi connectivity index (χ2v) is 13.2. The molecule has 39 heavy (non-hydrogen) atoms. The van der Waals surface area contributed by atoms with E-state index < -0.39 is 10.0 Å². The number of ether oxygens (including phenoxy) is 1. The number of sulfonamides is 1. The highest BCUT2D eigenvalue weighted by molar-refractivity contribution is 7.89. The lowest BCUT2D eigenvalue weighted by Gasteiger charge is -2.33. The summed E-state index contributed by atoms with van der Waals surface area (Å²) in [6.45, 7) is 6.11. The molecular weight excluding hydrogens is 538 g/mol. The standard InChI is InChI=1S/C27H35N5O5S2/c1-19-24-18-25(38-27(24)32(29-19)22-6-4-3-5-7-22)26(34)28-21-8-10-23(11-9-21)39(35,36)31-14-12-30(13-15-31)16-17-37-20(2)33/h8-11,18,22H,3-7,12-17H2,1-2H3,(H,28,34). The number of anilines is 1. The molecule has 0 radical (unpaired) electrons. The van der Waals surface area contributed by atoms with Crippen LogP contribution in [0.1, 0.15) is 60.4 Å². The first-order valence-corrected chi connectivity index (χ1v) is 15.7. The van der Waals surface area contributed by atoms with E-state index in [2.05, 4.69) is 14.9 Å². The number of nitrogens with zero attached hydrogens (tertiary/aromatic N) is 4. The van der Waals surface area contributed by atoms with Crippen molar-refractivity contribution in [2.75, 3.05) is 44.6 Å². The molecular formula is C27H35N5O5S2. The molecule has 1 aliphatic carbocycles. The van der Waals surface area contributed by atoms with E-state index in [1.54, 1.807) is 12.1 Å². The summed E-state index contributed by atoms with van der Waals surface area (Å²) in [5, 5.41) is 8.69. The van der Waals surface area contributed by atoms with Crippen LogP contribution >= 0.6 is 11.3 Å². The molecule has 1 aliphatic heterocycles. The van der Waals surface area contributed by atoms with Crippen molar-refractivity contribution in [2.45, 2.75) is 56.9 Å². The van der Waals surface area contributed by atoms with Gasteiger partial charge in [0.15, 0.2) is 0 Å². The Kier molecular flexibility index (Phi) is 8.36. The van der Waals surface area contributed by atoms with Gasteiger partial charge in [0, 0.05) is 50.7 Å². The van der Waals surface area contributed by atoms with Crippen LogP contribution < -0.4 is 5.32 Å². The topological polar surface area (TPSA) is 114 Å². The maximum atomic E-state index is 13.2. The van der Waals surface area contributed by atoms with Crippen molar-refractivity contribution in [3.63, 3.8) is 0 Å². The summed E-state index contributed by atoms with van der Waals surface area (Å²) in [5.41, 5.74) is 1.47. The SMILES string of the molecule is CC(=O)OCCN1CCN(S(=O)(=O)c2ccc(NC(=O)c3cc4c(C)nn(C5CCCCC5)c4s3)cc2)CC1. The second-order valence-electron chi connectivity index (χ2n) is 10.2. The Morgan fingerprint density at radius 2 is 1.77 bits per heavy atom. The van der Waals surface area contributed by atoms with Gasteiger partial charge in [0.05, 0.1) is 21.5 Å². The molecule has 1 N–H and O–H groups in total. The predicted molar refractivity (Wildman–Crippen MR) is 151 cm³/mol. The van der Waals surface area contributed by atoms with Gasteiger partial charge in [-0.1, -0.05) is 19.3 Å². The van der Waals surface area contributed by atoms with Crippen LogP contribution in [0.5, 0.6) is 0 Å². The summed E-state index contributed by atoms with van der Waals surface area (Å²) in [4.78, 5) is 27.9. The van der Waals surface area contributed by atoms with Gasteiger partial charge in [0.1, 0.15) is 11.4 Å². The average molecular weight is 574 g/mol. The molecule has 12 heteroatoms. The van der Waals surface area contributed by atoms with Crippen molar-refractivity contribution < 1.29 is 22.7 Å². The van der Waals surface area contributed by atoms with Crippen LogP contribution in [0.3, 0.4) is 0 Å². The number of esters is 1. The maximum absolute atomic E-state index is 13.2. The fourth-order valence-electron chi connectivity index (χ4n) is 5.32. The number of rotatable bonds is 8. The smallest absolute Gasteiger partial charge is 0.302 e. The Morgan fingerprint density at radius 3 is 2.44 bits per heavy atom. The van der Waals surface area contributed by atoms with E-state index in [4.69, 9.17) is 9.84 Å². The molecule has 1 saturated carbocycles. The molecule has 2 fully saturated rings. The minimum absolute atomic E-state index is 0.193. The highest BCUT2D eigenvalue weighted by Crippen LogP contribution is 2.35. The molecule has 210 valence electrons. The average Bonchev–Trinajstić information content (AvgIpc) is 3.50. The van der Waals surface area contributed by atoms with Gasteiger partial charge in [-0.15, -0.1) is 11.3 Å². The Balaban J connectivity index is 1.21. The molecule has 0 unspecified atom stereocenters. The van der Waals surface area contributed by atoms with E-state index in [-0.39, 0.29) is 16.8 Å². The molecule has 5 rings (SSSR count). The summed E-state index contributed by atoms with van der Waals surface area (Å²) in [6, 6.07) is 8.62. The van der Waals surface area contributed by atoms with Crippen LogP contribution in [0, 0.1) is 6.92 Å². The van der Waals surface area contributed by atoms with Crippen LogP contribution in [0.4, 0.5) is 5.69 Å². The summed E-state index contributed by atoms with van der Waals surface area (Å²) in [7, 11) is -3.65. The maximum Gasteiger partial charge on any atom is 0.302 e. The zero-order valence-electron chi connectivity index (χ0n) is 22.4. The largest absolute Gasteiger partial charge is 0.465 e. The third-order valence-electron chi connectivity index (χ3n) is 7.51. The molecule has 10 nitrogen and oxygen atoms in total. The van der Waals surface area contributed by atoms with Crippen molar-refractivity contribution in [3.05, 3.63) is 40.9 Å². The molecule has 0 bridgehead atoms. The minimum atomic E-state index is -3.65. The predicted octanol–water partition coefficient (Wildman–Crippen LogP) is 4.03. The number of nitrogens with one attached hydrogen (secondary N) is 1. The van der Waals surface area contributed by atoms with E-state index in [1.165, 1.54) is 54.0 Å². The lowest BCUT2D eigenvalue weighted by molar-refractivity contribution is -0.141. The fraction of sp³-hybridized carbons (Fsp3) is 0.519. The Hall–Kier alpha value is -2.80. The van der Waals surface area contributed by atoms with Crippen LogP contribution in [0.25, 0.3) is 10.2 Å². The zero-order valence-corrected chi connectivity index (χ0v) is 24.0. The number of thiophene rings is 1. The molecule has 0 spiro atoms. The number of hydrogen-bond acceptors (Lipinski definition) is 8. The van der Waals surface area contributed by atoms with E-state index >= 15 is 0 Å². The third-order valence-corrected chi connectivity index (χ3v) is 10.5. The second kappa shape index (κ2) is 11.7. The first kappa shape index (κ1) is 27.8. The minimum Gasteiger partial charge on any atom is -0.465 e. The number of piperazine rings is 1. The van der Waals surface area contributed by atoms with E-state index in [1.807, 2.05) is 13.0 Å². The number of hydrogen-bond donors (Lipinski definition) is 1. The molecule has 0 atom stereocenters. The van der Waals surface area contributed by atoms with Gasteiger partial charge in [-0.3, -0.25) is 19.2 Å². The summed E-state index contributed by atoms with van der Waals surface area (Å²) >= 11 is 1.46. The molecule has 3 aromatic rings. The van der Waals surface area contributed by atoms with Crippen molar-refractivity contribution in [1.29, 1.82) is 0 Å². The number of aryl methyl sites for hydroxylation is 1. The van der Waals surface area contributed by atoms with Crippen molar-refractivity contribution in [3.8, 4) is 0 Å². The van der Waals surface area contributed by atoms with Gasteiger partial charge in [-0.2, -0.15) is 9.40 Å². The van der Waals surface area contributed by atoms with Crippen LogP contribution in [-0.2, 0) is 19.6 Å². The Morgan fingerprint density at radius 1 is 1.08 bits per heavy atom. The number of fused-ring (bicyclic) bond motifs is 1. The molecule has 2 aliphatic rings. The summed E-state index contributed by atoms with van der Waals surface area (Å²) < 4.78 is 34.9. The van der Waals surface area contributed by atoms with Gasteiger partial charge in [0.25, 0.3) is 5.91 Å². The van der Waals surface area contributed by atoms with Crippen LogP contribution in [0.2, 0.25) is 0 Å². The number of carbonyl (C=O) groups is 2. The third kappa shape index (κ3) is 6.19. The van der Waals surface area contributed by atoms with E-state index in [9.17, 15) is 18.0 Å². The van der Waals surface area contributed by atoms with Gasteiger partial charge in [0.2, 0.25) is 10.0 Å².